The fourth-order valence-corrected chi connectivity index (χ4v) is 4.99. The van der Waals surface area contributed by atoms with Crippen molar-refractivity contribution in [2.75, 3.05) is 21.3 Å². The van der Waals surface area contributed by atoms with Gasteiger partial charge in [-0.1, -0.05) is 42.5 Å². The third-order valence-electron chi connectivity index (χ3n) is 6.39. The standard InChI is InChI=1S/C25H24O7/c1-29-18-11-9-16(10-12-18)21-20-17(14-25(21,23(27)30-2)24(28)31-3)13-19(32-22(20)26)15-7-5-4-6-8-15/h4-13,17,20-21H,14H2,1-3H3/t17-,20-,21+/m1/s1. The number of methoxy groups -OCH3 is 3. The quantitative estimate of drug-likeness (QED) is 0.403. The average molecular weight is 436 g/mol. The zero-order valence-corrected chi connectivity index (χ0v) is 18.1. The minimum absolute atomic E-state index is 0.0686. The lowest BCUT2D eigenvalue weighted by Crippen LogP contribution is -2.45. The number of cyclic esters (lactones) is 1. The largest absolute Gasteiger partial charge is 0.497 e. The van der Waals surface area contributed by atoms with Crippen molar-refractivity contribution in [1.82, 2.24) is 0 Å². The van der Waals surface area contributed by atoms with Crippen LogP contribution >= 0.6 is 0 Å². The van der Waals surface area contributed by atoms with Gasteiger partial charge in [-0.05, 0) is 36.1 Å². The molecule has 2 aromatic carbocycles. The lowest BCUT2D eigenvalue weighted by molar-refractivity contribution is -0.170. The second-order valence-electron chi connectivity index (χ2n) is 7.92. The number of allylic oxidation sites excluding steroid dienone is 1. The van der Waals surface area contributed by atoms with Crippen molar-refractivity contribution in [3.63, 3.8) is 0 Å². The Bertz CT molecular complexity index is 1040. The van der Waals surface area contributed by atoms with E-state index in [1.165, 1.54) is 14.2 Å². The van der Waals surface area contributed by atoms with E-state index in [-0.39, 0.29) is 6.42 Å². The molecule has 0 saturated heterocycles. The van der Waals surface area contributed by atoms with Crippen LogP contribution in [0.1, 0.15) is 23.5 Å². The molecular weight excluding hydrogens is 412 g/mol. The molecule has 1 fully saturated rings. The van der Waals surface area contributed by atoms with Gasteiger partial charge in [-0.2, -0.15) is 0 Å². The smallest absolute Gasteiger partial charge is 0.323 e. The van der Waals surface area contributed by atoms with E-state index in [1.54, 1.807) is 31.4 Å². The molecule has 0 N–H and O–H groups in total. The van der Waals surface area contributed by atoms with Crippen LogP contribution in [0.5, 0.6) is 5.75 Å². The number of carbonyl (C=O) groups is 3. The summed E-state index contributed by atoms with van der Waals surface area (Å²) in [4.78, 5) is 39.5. The molecule has 32 heavy (non-hydrogen) atoms. The number of carbonyl (C=O) groups excluding carboxylic acids is 3. The van der Waals surface area contributed by atoms with Gasteiger partial charge in [0, 0.05) is 11.5 Å². The highest BCUT2D eigenvalue weighted by molar-refractivity contribution is 6.03. The Kier molecular flexibility index (Phi) is 5.74. The third-order valence-corrected chi connectivity index (χ3v) is 6.39. The first-order valence-corrected chi connectivity index (χ1v) is 10.3. The summed E-state index contributed by atoms with van der Waals surface area (Å²) in [5, 5.41) is 0. The molecular formula is C25H24O7. The van der Waals surface area contributed by atoms with Crippen molar-refractivity contribution >= 4 is 23.7 Å². The molecule has 0 aromatic heterocycles. The number of benzene rings is 2. The molecule has 1 aliphatic heterocycles. The molecule has 0 spiro atoms. The Balaban J connectivity index is 1.87. The maximum absolute atomic E-state index is 13.3. The van der Waals surface area contributed by atoms with Crippen LogP contribution < -0.4 is 4.74 Å². The Morgan fingerprint density at radius 2 is 1.56 bits per heavy atom. The predicted octanol–water partition coefficient (Wildman–Crippen LogP) is 3.35. The predicted molar refractivity (Wildman–Crippen MR) is 114 cm³/mol. The van der Waals surface area contributed by atoms with Gasteiger partial charge in [0.2, 0.25) is 0 Å². The van der Waals surface area contributed by atoms with Gasteiger partial charge in [-0.15, -0.1) is 0 Å². The molecule has 2 aromatic rings. The number of hydrogen-bond donors (Lipinski definition) is 0. The second kappa shape index (κ2) is 8.49. The van der Waals surface area contributed by atoms with E-state index in [0.717, 1.165) is 5.56 Å². The van der Waals surface area contributed by atoms with E-state index in [9.17, 15) is 14.4 Å². The van der Waals surface area contributed by atoms with Gasteiger partial charge in [-0.3, -0.25) is 14.4 Å². The van der Waals surface area contributed by atoms with Gasteiger partial charge in [-0.25, -0.2) is 0 Å². The molecule has 7 heteroatoms. The number of fused-ring (bicyclic) bond motifs is 1. The maximum atomic E-state index is 13.3. The summed E-state index contributed by atoms with van der Waals surface area (Å²) in [5.74, 6) is -2.93. The Hall–Kier alpha value is -3.61. The first kappa shape index (κ1) is 21.6. The molecule has 2 aliphatic rings. The van der Waals surface area contributed by atoms with E-state index in [2.05, 4.69) is 0 Å². The van der Waals surface area contributed by atoms with E-state index < -0.39 is 41.1 Å². The molecule has 0 amide bonds. The molecule has 166 valence electrons. The Morgan fingerprint density at radius 3 is 2.12 bits per heavy atom. The van der Waals surface area contributed by atoms with Crippen LogP contribution in [0.4, 0.5) is 0 Å². The average Bonchev–Trinajstić information content (AvgIpc) is 3.20. The first-order valence-electron chi connectivity index (χ1n) is 10.3. The lowest BCUT2D eigenvalue weighted by Gasteiger charge is -2.32. The van der Waals surface area contributed by atoms with Crippen molar-refractivity contribution in [2.24, 2.45) is 17.3 Å². The van der Waals surface area contributed by atoms with E-state index in [4.69, 9.17) is 18.9 Å². The fourth-order valence-electron chi connectivity index (χ4n) is 4.99. The molecule has 1 heterocycles. The highest BCUT2D eigenvalue weighted by atomic mass is 16.6. The van der Waals surface area contributed by atoms with Gasteiger partial charge < -0.3 is 18.9 Å². The van der Waals surface area contributed by atoms with Crippen LogP contribution in [-0.2, 0) is 28.6 Å². The minimum Gasteiger partial charge on any atom is -0.497 e. The van der Waals surface area contributed by atoms with Crippen molar-refractivity contribution < 1.29 is 33.3 Å². The summed E-state index contributed by atoms with van der Waals surface area (Å²) in [6.07, 6.45) is 1.89. The van der Waals surface area contributed by atoms with Crippen molar-refractivity contribution in [3.8, 4) is 5.75 Å². The lowest BCUT2D eigenvalue weighted by atomic mass is 9.71. The van der Waals surface area contributed by atoms with Gasteiger partial charge in [0.05, 0.1) is 27.2 Å². The van der Waals surface area contributed by atoms with Crippen molar-refractivity contribution in [3.05, 3.63) is 71.8 Å². The molecule has 4 rings (SSSR count). The van der Waals surface area contributed by atoms with E-state index in [0.29, 0.717) is 17.1 Å². The van der Waals surface area contributed by atoms with Crippen LogP contribution in [0.25, 0.3) is 5.76 Å². The molecule has 0 bridgehead atoms. The van der Waals surface area contributed by atoms with E-state index >= 15 is 0 Å². The van der Waals surface area contributed by atoms with Crippen molar-refractivity contribution in [1.29, 1.82) is 0 Å². The number of ether oxygens (including phenoxy) is 4. The molecule has 1 aliphatic carbocycles. The van der Waals surface area contributed by atoms with Crippen LogP contribution in [0.3, 0.4) is 0 Å². The Labute approximate surface area is 185 Å². The highest BCUT2D eigenvalue weighted by Crippen LogP contribution is 2.59. The van der Waals surface area contributed by atoms with Gasteiger partial charge in [0.25, 0.3) is 0 Å². The highest BCUT2D eigenvalue weighted by Gasteiger charge is 2.67. The maximum Gasteiger partial charge on any atom is 0.323 e. The first-order chi connectivity index (χ1) is 15.5. The fraction of sp³-hybridized carbons (Fsp3) is 0.320. The summed E-state index contributed by atoms with van der Waals surface area (Å²) < 4.78 is 21.1. The summed E-state index contributed by atoms with van der Waals surface area (Å²) in [7, 11) is 4.00. The number of esters is 3. The molecule has 1 saturated carbocycles. The topological polar surface area (TPSA) is 88.1 Å². The van der Waals surface area contributed by atoms with Gasteiger partial charge >= 0.3 is 17.9 Å². The summed E-state index contributed by atoms with van der Waals surface area (Å²) in [6, 6.07) is 16.2. The van der Waals surface area contributed by atoms with Gasteiger partial charge in [0.1, 0.15) is 11.5 Å². The molecule has 7 nitrogen and oxygen atoms in total. The Morgan fingerprint density at radius 1 is 0.938 bits per heavy atom. The number of rotatable bonds is 5. The molecule has 0 radical (unpaired) electrons. The zero-order chi connectivity index (χ0) is 22.9. The van der Waals surface area contributed by atoms with Crippen LogP contribution in [0.2, 0.25) is 0 Å². The van der Waals surface area contributed by atoms with E-state index in [1.807, 2.05) is 36.4 Å². The normalized spacial score (nSPS) is 23.4. The zero-order valence-electron chi connectivity index (χ0n) is 18.1. The van der Waals surface area contributed by atoms with Crippen LogP contribution in [0.15, 0.2) is 60.7 Å². The second-order valence-corrected chi connectivity index (χ2v) is 7.92. The molecule has 3 atom stereocenters. The van der Waals surface area contributed by atoms with Gasteiger partial charge in [0.15, 0.2) is 5.41 Å². The molecule has 0 unspecified atom stereocenters. The minimum atomic E-state index is -1.69. The summed E-state index contributed by atoms with van der Waals surface area (Å²) in [5.41, 5.74) is -0.314. The monoisotopic (exact) mass is 436 g/mol. The number of hydrogen-bond acceptors (Lipinski definition) is 7. The summed E-state index contributed by atoms with van der Waals surface area (Å²) in [6.45, 7) is 0. The summed E-state index contributed by atoms with van der Waals surface area (Å²) >= 11 is 0. The van der Waals surface area contributed by atoms with Crippen LogP contribution in [-0.4, -0.2) is 39.2 Å². The third kappa shape index (κ3) is 3.34. The van der Waals surface area contributed by atoms with Crippen molar-refractivity contribution in [2.45, 2.75) is 12.3 Å². The van der Waals surface area contributed by atoms with Crippen LogP contribution in [0, 0.1) is 17.3 Å². The SMILES string of the molecule is COC(=O)C1(C(=O)OC)C[C@H]2C=C(c3ccccc3)OC(=O)[C@H]2[C@@H]1c1ccc(OC)cc1.